The lowest BCUT2D eigenvalue weighted by Gasteiger charge is -2.02. The maximum absolute atomic E-state index is 5.44. The summed E-state index contributed by atoms with van der Waals surface area (Å²) in [5.74, 6) is 0. The molecule has 0 heterocycles. The van der Waals surface area contributed by atoms with Gasteiger partial charge in [-0.3, -0.25) is 0 Å². The van der Waals surface area contributed by atoms with Gasteiger partial charge >= 0.3 is 0 Å². The molecule has 0 rings (SSSR count). The summed E-state index contributed by atoms with van der Waals surface area (Å²) in [4.78, 5) is 0. The molecule has 0 aromatic carbocycles. The van der Waals surface area contributed by atoms with Crippen molar-refractivity contribution in [2.75, 3.05) is 6.54 Å². The van der Waals surface area contributed by atoms with Crippen LogP contribution < -0.4 is 5.73 Å². The molecule has 0 fully saturated rings. The van der Waals surface area contributed by atoms with Crippen LogP contribution >= 0.6 is 0 Å². The van der Waals surface area contributed by atoms with Crippen LogP contribution in [0.1, 0.15) is 103 Å². The Kier molecular flexibility index (Phi) is 18.4. The van der Waals surface area contributed by atoms with Crippen molar-refractivity contribution in [1.82, 2.24) is 0 Å². The SMILES string of the molecule is CCCCCCCCCCCCCCC/C=C/CCN. The van der Waals surface area contributed by atoms with Crippen molar-refractivity contribution in [3.63, 3.8) is 0 Å². The van der Waals surface area contributed by atoms with Gasteiger partial charge in [0, 0.05) is 0 Å². The summed E-state index contributed by atoms with van der Waals surface area (Å²) in [6, 6.07) is 0. The van der Waals surface area contributed by atoms with Crippen LogP contribution in [-0.4, -0.2) is 6.54 Å². The fourth-order valence-electron chi connectivity index (χ4n) is 2.61. The zero-order valence-corrected chi connectivity index (χ0v) is 14.0. The predicted octanol–water partition coefficient (Wildman–Crippen LogP) is 6.37. The third-order valence-electron chi connectivity index (χ3n) is 3.97. The first-order valence-corrected chi connectivity index (χ1v) is 9.27. The van der Waals surface area contributed by atoms with E-state index in [1.807, 2.05) is 0 Å². The van der Waals surface area contributed by atoms with Crippen molar-refractivity contribution >= 4 is 0 Å². The minimum Gasteiger partial charge on any atom is -0.330 e. The Morgan fingerprint density at radius 2 is 0.950 bits per heavy atom. The zero-order valence-electron chi connectivity index (χ0n) is 14.0. The smallest absolute Gasteiger partial charge is 0.00426 e. The number of rotatable bonds is 16. The van der Waals surface area contributed by atoms with E-state index < -0.39 is 0 Å². The van der Waals surface area contributed by atoms with Crippen LogP contribution in [0, 0.1) is 0 Å². The van der Waals surface area contributed by atoms with E-state index in [0.29, 0.717) is 0 Å². The molecule has 0 unspecified atom stereocenters. The summed E-state index contributed by atoms with van der Waals surface area (Å²) in [5, 5.41) is 0. The molecule has 0 aromatic rings. The monoisotopic (exact) mass is 281 g/mol. The molecule has 0 amide bonds. The minimum absolute atomic E-state index is 0.787. The quantitative estimate of drug-likeness (QED) is 0.258. The molecule has 0 aliphatic carbocycles. The molecule has 0 radical (unpaired) electrons. The third kappa shape index (κ3) is 17.7. The molecular formula is C19H39N. The molecule has 20 heavy (non-hydrogen) atoms. The van der Waals surface area contributed by atoms with Gasteiger partial charge in [-0.1, -0.05) is 96.1 Å². The van der Waals surface area contributed by atoms with Crippen molar-refractivity contribution < 1.29 is 0 Å². The molecule has 0 aliphatic rings. The highest BCUT2D eigenvalue weighted by atomic mass is 14.5. The van der Waals surface area contributed by atoms with Crippen LogP contribution in [0.4, 0.5) is 0 Å². The maximum Gasteiger partial charge on any atom is -0.00426 e. The molecule has 2 N–H and O–H groups in total. The molecular weight excluding hydrogens is 242 g/mol. The molecule has 0 spiro atoms. The first kappa shape index (κ1) is 19.7. The van der Waals surface area contributed by atoms with Crippen LogP contribution in [0.2, 0.25) is 0 Å². The fourth-order valence-corrected chi connectivity index (χ4v) is 2.61. The van der Waals surface area contributed by atoms with Crippen molar-refractivity contribution in [2.45, 2.75) is 103 Å². The van der Waals surface area contributed by atoms with Crippen molar-refractivity contribution in [1.29, 1.82) is 0 Å². The Morgan fingerprint density at radius 1 is 0.550 bits per heavy atom. The van der Waals surface area contributed by atoms with E-state index in [4.69, 9.17) is 5.73 Å². The van der Waals surface area contributed by atoms with E-state index in [-0.39, 0.29) is 0 Å². The molecule has 1 nitrogen and oxygen atoms in total. The van der Waals surface area contributed by atoms with E-state index in [1.165, 1.54) is 89.9 Å². The van der Waals surface area contributed by atoms with Gasteiger partial charge in [-0.25, -0.2) is 0 Å². The Labute approximate surface area is 128 Å². The summed E-state index contributed by atoms with van der Waals surface area (Å²) in [7, 11) is 0. The largest absolute Gasteiger partial charge is 0.330 e. The standard InChI is InChI=1S/C19H39N/c1-2-3-4-5-6-7-8-9-10-11-12-13-14-15-16-17-18-19-20/h16-17H,2-15,18-20H2,1H3/b17-16+. The minimum atomic E-state index is 0.787. The summed E-state index contributed by atoms with van der Waals surface area (Å²) in [5.41, 5.74) is 5.44. The summed E-state index contributed by atoms with van der Waals surface area (Å²) in [6.07, 6.45) is 25.5. The first-order chi connectivity index (χ1) is 9.91. The van der Waals surface area contributed by atoms with E-state index in [0.717, 1.165) is 13.0 Å². The molecule has 0 aliphatic heterocycles. The fraction of sp³-hybridized carbons (Fsp3) is 0.895. The molecule has 0 aromatic heterocycles. The Morgan fingerprint density at radius 3 is 1.40 bits per heavy atom. The van der Waals surface area contributed by atoms with Gasteiger partial charge in [0.05, 0.1) is 0 Å². The molecule has 0 saturated heterocycles. The average Bonchev–Trinajstić information content (AvgIpc) is 2.47. The first-order valence-electron chi connectivity index (χ1n) is 9.27. The maximum atomic E-state index is 5.44. The van der Waals surface area contributed by atoms with Crippen LogP contribution in [0.15, 0.2) is 12.2 Å². The molecule has 0 saturated carbocycles. The second-order valence-electron chi connectivity index (χ2n) is 6.08. The Hall–Kier alpha value is -0.300. The summed E-state index contributed by atoms with van der Waals surface area (Å²) < 4.78 is 0. The third-order valence-corrected chi connectivity index (χ3v) is 3.97. The second-order valence-corrected chi connectivity index (χ2v) is 6.08. The van der Waals surface area contributed by atoms with Gasteiger partial charge in [0.1, 0.15) is 0 Å². The van der Waals surface area contributed by atoms with Crippen LogP contribution in [-0.2, 0) is 0 Å². The molecule has 120 valence electrons. The highest BCUT2D eigenvalue weighted by Gasteiger charge is 1.93. The Balaban J connectivity index is 2.96. The Bertz CT molecular complexity index is 186. The van der Waals surface area contributed by atoms with Gasteiger partial charge in [-0.15, -0.1) is 0 Å². The van der Waals surface area contributed by atoms with E-state index in [1.54, 1.807) is 0 Å². The van der Waals surface area contributed by atoms with Gasteiger partial charge in [0.2, 0.25) is 0 Å². The number of allylic oxidation sites excluding steroid dienone is 1. The van der Waals surface area contributed by atoms with Gasteiger partial charge in [-0.2, -0.15) is 0 Å². The predicted molar refractivity (Wildman–Crippen MR) is 93.1 cm³/mol. The number of hydrogen-bond acceptors (Lipinski definition) is 1. The van der Waals surface area contributed by atoms with Crippen LogP contribution in [0.3, 0.4) is 0 Å². The van der Waals surface area contributed by atoms with Crippen LogP contribution in [0.25, 0.3) is 0 Å². The zero-order chi connectivity index (χ0) is 14.7. The van der Waals surface area contributed by atoms with Crippen LogP contribution in [0.5, 0.6) is 0 Å². The highest BCUT2D eigenvalue weighted by Crippen LogP contribution is 2.12. The van der Waals surface area contributed by atoms with E-state index in [9.17, 15) is 0 Å². The number of unbranched alkanes of at least 4 members (excludes halogenated alkanes) is 13. The van der Waals surface area contributed by atoms with Gasteiger partial charge < -0.3 is 5.73 Å². The summed E-state index contributed by atoms with van der Waals surface area (Å²) in [6.45, 7) is 3.07. The van der Waals surface area contributed by atoms with E-state index >= 15 is 0 Å². The number of nitrogens with two attached hydrogens (primary N) is 1. The highest BCUT2D eigenvalue weighted by molar-refractivity contribution is 4.81. The van der Waals surface area contributed by atoms with Crippen molar-refractivity contribution in [3.05, 3.63) is 12.2 Å². The van der Waals surface area contributed by atoms with E-state index in [2.05, 4.69) is 19.1 Å². The van der Waals surface area contributed by atoms with Crippen molar-refractivity contribution in [2.24, 2.45) is 5.73 Å². The van der Waals surface area contributed by atoms with Crippen molar-refractivity contribution in [3.8, 4) is 0 Å². The number of hydrogen-bond donors (Lipinski definition) is 1. The normalized spacial score (nSPS) is 11.5. The van der Waals surface area contributed by atoms with Gasteiger partial charge in [0.25, 0.3) is 0 Å². The molecule has 0 bridgehead atoms. The average molecular weight is 282 g/mol. The lowest BCUT2D eigenvalue weighted by molar-refractivity contribution is 0.540. The summed E-state index contributed by atoms with van der Waals surface area (Å²) >= 11 is 0. The topological polar surface area (TPSA) is 26.0 Å². The molecule has 1 heteroatoms. The lowest BCUT2D eigenvalue weighted by atomic mass is 10.0. The lowest BCUT2D eigenvalue weighted by Crippen LogP contribution is -1.94. The second kappa shape index (κ2) is 18.7. The van der Waals surface area contributed by atoms with Gasteiger partial charge in [-0.05, 0) is 25.8 Å². The molecule has 0 atom stereocenters. The van der Waals surface area contributed by atoms with Gasteiger partial charge in [0.15, 0.2) is 0 Å².